The molecule has 2 aliphatic heterocycles. The van der Waals surface area contributed by atoms with Gasteiger partial charge in [0.1, 0.15) is 5.82 Å². The first-order valence-corrected chi connectivity index (χ1v) is 12.8. The quantitative estimate of drug-likeness (QED) is 0.362. The molecule has 10 heteroatoms. The first kappa shape index (κ1) is 25.2. The zero-order valence-electron chi connectivity index (χ0n) is 20.4. The molecule has 0 spiro atoms. The molecule has 3 aliphatic rings. The third kappa shape index (κ3) is 5.59. The molecule has 196 valence electrons. The van der Waals surface area contributed by atoms with Gasteiger partial charge in [-0.2, -0.15) is 18.3 Å². The van der Waals surface area contributed by atoms with Gasteiger partial charge in [0, 0.05) is 37.7 Å². The number of nitrogens with one attached hydrogen (secondary N) is 1. The van der Waals surface area contributed by atoms with Crippen molar-refractivity contribution in [1.82, 2.24) is 19.6 Å². The first-order valence-electron chi connectivity index (χ1n) is 12.8. The van der Waals surface area contributed by atoms with E-state index in [9.17, 15) is 17.6 Å². The summed E-state index contributed by atoms with van der Waals surface area (Å²) in [6.07, 6.45) is 0.730. The van der Waals surface area contributed by atoms with E-state index in [-0.39, 0.29) is 25.1 Å². The van der Waals surface area contributed by atoms with E-state index in [4.69, 9.17) is 10.1 Å². The van der Waals surface area contributed by atoms with Crippen molar-refractivity contribution in [3.05, 3.63) is 52.6 Å². The van der Waals surface area contributed by atoms with Crippen LogP contribution in [0.2, 0.25) is 0 Å². The number of morpholine rings is 1. The Hall–Kier alpha value is -2.46. The largest absolute Gasteiger partial charge is 0.435 e. The van der Waals surface area contributed by atoms with E-state index in [0.717, 1.165) is 52.0 Å². The van der Waals surface area contributed by atoms with Crippen molar-refractivity contribution in [2.75, 3.05) is 32.8 Å². The van der Waals surface area contributed by atoms with E-state index in [2.05, 4.69) is 10.00 Å². The molecular formula is C26H33F4N5O. The van der Waals surface area contributed by atoms with Crippen molar-refractivity contribution in [1.29, 1.82) is 5.41 Å². The van der Waals surface area contributed by atoms with Gasteiger partial charge in [0.2, 0.25) is 0 Å². The van der Waals surface area contributed by atoms with Gasteiger partial charge in [-0.25, -0.2) is 4.39 Å². The highest BCUT2D eigenvalue weighted by atomic mass is 19.4. The molecule has 0 atom stereocenters. The molecule has 1 saturated heterocycles. The van der Waals surface area contributed by atoms with Gasteiger partial charge in [-0.1, -0.05) is 12.1 Å². The van der Waals surface area contributed by atoms with E-state index >= 15 is 0 Å². The minimum atomic E-state index is -4.53. The number of aromatic nitrogens is 2. The highest BCUT2D eigenvalue weighted by molar-refractivity contribution is 5.79. The van der Waals surface area contributed by atoms with Crippen LogP contribution < -0.4 is 0 Å². The standard InChI is InChI=1S/C26H33F4N5O/c27-20-5-1-19(2-6-20)16-35-23-17-34(10-9-22(23)25(32-35)26(28,29)30)24(31)15-18-3-7-21(8-4-18)33-11-13-36-14-12-33/h1-2,5-6,18,21,31H,3-4,7-17H2. The Morgan fingerprint density at radius 1 is 1.03 bits per heavy atom. The number of rotatable bonds is 5. The van der Waals surface area contributed by atoms with Gasteiger partial charge in [-0.3, -0.25) is 15.0 Å². The maximum atomic E-state index is 13.7. The molecule has 0 radical (unpaired) electrons. The number of alkyl halides is 3. The molecule has 5 rings (SSSR count). The Kier molecular flexibility index (Phi) is 7.35. The molecule has 1 aliphatic carbocycles. The van der Waals surface area contributed by atoms with Crippen molar-refractivity contribution >= 4 is 5.84 Å². The van der Waals surface area contributed by atoms with Crippen LogP contribution in [-0.2, 0) is 30.4 Å². The fraction of sp³-hybridized carbons (Fsp3) is 0.615. The van der Waals surface area contributed by atoms with E-state index in [0.29, 0.717) is 42.0 Å². The fourth-order valence-corrected chi connectivity index (χ4v) is 5.89. The van der Waals surface area contributed by atoms with Crippen molar-refractivity contribution < 1.29 is 22.3 Å². The van der Waals surface area contributed by atoms with Crippen molar-refractivity contribution in [3.8, 4) is 0 Å². The van der Waals surface area contributed by atoms with Crippen LogP contribution in [0.3, 0.4) is 0 Å². The Balaban J connectivity index is 1.24. The second kappa shape index (κ2) is 10.5. The predicted molar refractivity (Wildman–Crippen MR) is 127 cm³/mol. The normalized spacial score (nSPS) is 23.5. The van der Waals surface area contributed by atoms with Gasteiger partial charge in [-0.15, -0.1) is 0 Å². The Labute approximate surface area is 208 Å². The van der Waals surface area contributed by atoms with Gasteiger partial charge in [0.15, 0.2) is 5.69 Å². The topological polar surface area (TPSA) is 57.4 Å². The smallest absolute Gasteiger partial charge is 0.379 e. The van der Waals surface area contributed by atoms with Gasteiger partial charge in [0.25, 0.3) is 0 Å². The van der Waals surface area contributed by atoms with E-state index < -0.39 is 17.7 Å². The Morgan fingerprint density at radius 3 is 2.39 bits per heavy atom. The lowest BCUT2D eigenvalue weighted by atomic mass is 9.83. The highest BCUT2D eigenvalue weighted by Gasteiger charge is 2.41. The summed E-state index contributed by atoms with van der Waals surface area (Å²) in [7, 11) is 0. The lowest BCUT2D eigenvalue weighted by molar-refractivity contribution is -0.142. The second-order valence-corrected chi connectivity index (χ2v) is 10.2. The highest BCUT2D eigenvalue weighted by Crippen LogP contribution is 2.36. The number of amidine groups is 1. The van der Waals surface area contributed by atoms with E-state index in [1.807, 2.05) is 4.90 Å². The second-order valence-electron chi connectivity index (χ2n) is 10.2. The summed E-state index contributed by atoms with van der Waals surface area (Å²) in [5.74, 6) is 0.542. The van der Waals surface area contributed by atoms with Crippen LogP contribution in [0.1, 0.15) is 54.6 Å². The molecule has 2 aromatic rings. The first-order chi connectivity index (χ1) is 17.3. The molecule has 3 heterocycles. The molecule has 2 fully saturated rings. The molecule has 0 amide bonds. The van der Waals surface area contributed by atoms with Gasteiger partial charge in [-0.05, 0) is 55.7 Å². The number of ether oxygens (including phenoxy) is 1. The van der Waals surface area contributed by atoms with Crippen LogP contribution in [0.4, 0.5) is 17.6 Å². The number of hydrogen-bond acceptors (Lipinski definition) is 4. The molecule has 6 nitrogen and oxygen atoms in total. The minimum Gasteiger partial charge on any atom is -0.379 e. The van der Waals surface area contributed by atoms with Gasteiger partial charge < -0.3 is 9.64 Å². The number of fused-ring (bicyclic) bond motifs is 1. The third-order valence-electron chi connectivity index (χ3n) is 7.90. The average molecular weight is 508 g/mol. The monoisotopic (exact) mass is 507 g/mol. The Bertz CT molecular complexity index is 1050. The van der Waals surface area contributed by atoms with Crippen molar-refractivity contribution in [3.63, 3.8) is 0 Å². The summed E-state index contributed by atoms with van der Waals surface area (Å²) < 4.78 is 61.3. The molecule has 1 aromatic heterocycles. The summed E-state index contributed by atoms with van der Waals surface area (Å²) in [6, 6.07) is 6.31. The maximum absolute atomic E-state index is 13.7. The molecule has 1 saturated carbocycles. The number of benzene rings is 1. The lowest BCUT2D eigenvalue weighted by Gasteiger charge is -2.39. The molecule has 0 unspecified atom stereocenters. The van der Waals surface area contributed by atoms with Crippen LogP contribution in [0.5, 0.6) is 0 Å². The third-order valence-corrected chi connectivity index (χ3v) is 7.90. The SMILES string of the molecule is N=C(CC1CCC(N2CCOCC2)CC1)N1CCc2c(C(F)(F)F)nn(Cc3ccc(F)cc3)c2C1. The summed E-state index contributed by atoms with van der Waals surface area (Å²) in [5.41, 5.74) is 0.560. The van der Waals surface area contributed by atoms with Crippen LogP contribution in [0.15, 0.2) is 24.3 Å². The minimum absolute atomic E-state index is 0.130. The maximum Gasteiger partial charge on any atom is 0.435 e. The Morgan fingerprint density at radius 2 is 1.72 bits per heavy atom. The fourth-order valence-electron chi connectivity index (χ4n) is 5.89. The zero-order valence-corrected chi connectivity index (χ0v) is 20.4. The predicted octanol–water partition coefficient (Wildman–Crippen LogP) is 4.71. The van der Waals surface area contributed by atoms with Crippen LogP contribution in [0, 0.1) is 17.1 Å². The summed E-state index contributed by atoms with van der Waals surface area (Å²) in [6.45, 7) is 4.34. The van der Waals surface area contributed by atoms with Gasteiger partial charge in [0.05, 0.1) is 37.8 Å². The number of hydrogen-bond donors (Lipinski definition) is 1. The summed E-state index contributed by atoms with van der Waals surface area (Å²) in [5, 5.41) is 12.7. The van der Waals surface area contributed by atoms with Crippen molar-refractivity contribution in [2.24, 2.45) is 5.92 Å². The molecule has 1 aromatic carbocycles. The van der Waals surface area contributed by atoms with Crippen LogP contribution >= 0.6 is 0 Å². The lowest BCUT2D eigenvalue weighted by Crippen LogP contribution is -2.45. The summed E-state index contributed by atoms with van der Waals surface area (Å²) in [4.78, 5) is 4.43. The zero-order chi connectivity index (χ0) is 25.3. The number of halogens is 4. The average Bonchev–Trinajstić information content (AvgIpc) is 3.24. The van der Waals surface area contributed by atoms with Crippen LogP contribution in [-0.4, -0.2) is 64.3 Å². The molecule has 0 bridgehead atoms. The van der Waals surface area contributed by atoms with Crippen molar-refractivity contribution in [2.45, 2.75) is 63.8 Å². The molecular weight excluding hydrogens is 474 g/mol. The molecule has 1 N–H and O–H groups in total. The molecule has 36 heavy (non-hydrogen) atoms. The van der Waals surface area contributed by atoms with E-state index in [1.54, 1.807) is 12.1 Å². The van der Waals surface area contributed by atoms with E-state index in [1.165, 1.54) is 16.8 Å². The number of nitrogens with zero attached hydrogens (tertiary/aromatic N) is 4. The van der Waals surface area contributed by atoms with Crippen LogP contribution in [0.25, 0.3) is 0 Å². The summed E-state index contributed by atoms with van der Waals surface area (Å²) >= 11 is 0. The van der Waals surface area contributed by atoms with Gasteiger partial charge >= 0.3 is 6.18 Å².